The zero-order valence-corrected chi connectivity index (χ0v) is 20.9. The van der Waals surface area contributed by atoms with Crippen LogP contribution in [0.1, 0.15) is 48.0 Å². The molecule has 1 aliphatic carbocycles. The predicted molar refractivity (Wildman–Crippen MR) is 142 cm³/mol. The van der Waals surface area contributed by atoms with Crippen molar-refractivity contribution < 1.29 is 9.53 Å². The van der Waals surface area contributed by atoms with Crippen molar-refractivity contribution in [2.24, 2.45) is 5.92 Å². The van der Waals surface area contributed by atoms with Gasteiger partial charge in [-0.25, -0.2) is 4.98 Å². The van der Waals surface area contributed by atoms with Crippen molar-refractivity contribution in [2.75, 3.05) is 44.2 Å². The number of carbonyl (C=O) groups is 1. The number of fused-ring (bicyclic) bond motifs is 2. The quantitative estimate of drug-likeness (QED) is 0.568. The number of nitrogens with zero attached hydrogens (tertiary/aromatic N) is 4. The number of hydrogen-bond donors (Lipinski definition) is 1. The second-order valence-electron chi connectivity index (χ2n) is 10.4. The van der Waals surface area contributed by atoms with Gasteiger partial charge in [0.25, 0.3) is 5.91 Å². The Morgan fingerprint density at radius 1 is 1.00 bits per heavy atom. The third kappa shape index (κ3) is 5.03. The average Bonchev–Trinajstić information content (AvgIpc) is 3.42. The number of ether oxygens (including phenoxy) is 1. The van der Waals surface area contributed by atoms with Gasteiger partial charge in [-0.3, -0.25) is 14.7 Å². The van der Waals surface area contributed by atoms with Crippen molar-refractivity contribution in [3.63, 3.8) is 0 Å². The van der Waals surface area contributed by atoms with E-state index in [4.69, 9.17) is 4.74 Å². The van der Waals surface area contributed by atoms with Crippen LogP contribution >= 0.6 is 0 Å². The van der Waals surface area contributed by atoms with E-state index in [1.54, 1.807) is 6.20 Å². The number of amides is 1. The predicted octanol–water partition coefficient (Wildman–Crippen LogP) is 4.07. The topological polar surface area (TPSA) is 70.6 Å². The zero-order chi connectivity index (χ0) is 24.3. The van der Waals surface area contributed by atoms with E-state index in [-0.39, 0.29) is 11.9 Å². The van der Waals surface area contributed by atoms with E-state index in [1.165, 1.54) is 31.4 Å². The Bertz CT molecular complexity index is 1220. The molecule has 2 aliphatic heterocycles. The van der Waals surface area contributed by atoms with Crippen LogP contribution in [0.2, 0.25) is 0 Å². The van der Waals surface area contributed by atoms with Crippen molar-refractivity contribution in [1.82, 2.24) is 20.2 Å². The summed E-state index contributed by atoms with van der Waals surface area (Å²) in [6.45, 7) is 6.21. The van der Waals surface area contributed by atoms with Gasteiger partial charge in [-0.15, -0.1) is 0 Å². The number of benzene rings is 1. The molecule has 7 nitrogen and oxygen atoms in total. The molecule has 1 saturated carbocycles. The van der Waals surface area contributed by atoms with Gasteiger partial charge in [0.1, 0.15) is 11.6 Å². The molecular weight excluding hydrogens is 450 g/mol. The van der Waals surface area contributed by atoms with E-state index in [1.807, 2.05) is 42.6 Å². The van der Waals surface area contributed by atoms with E-state index in [2.05, 4.69) is 25.1 Å². The molecule has 3 aliphatic rings. The van der Waals surface area contributed by atoms with Crippen molar-refractivity contribution in [1.29, 1.82) is 0 Å². The van der Waals surface area contributed by atoms with Crippen LogP contribution in [0.4, 0.5) is 5.82 Å². The van der Waals surface area contributed by atoms with Crippen LogP contribution in [-0.4, -0.2) is 66.1 Å². The lowest BCUT2D eigenvalue weighted by atomic mass is 9.84. The molecule has 0 spiro atoms. The monoisotopic (exact) mass is 485 g/mol. The van der Waals surface area contributed by atoms with Gasteiger partial charge in [0.2, 0.25) is 0 Å². The second kappa shape index (κ2) is 10.4. The van der Waals surface area contributed by atoms with E-state index in [0.717, 1.165) is 86.0 Å². The zero-order valence-electron chi connectivity index (χ0n) is 20.9. The van der Waals surface area contributed by atoms with Gasteiger partial charge >= 0.3 is 0 Å². The lowest BCUT2D eigenvalue weighted by Crippen LogP contribution is -2.47. The van der Waals surface area contributed by atoms with E-state index < -0.39 is 0 Å². The first-order valence-electron chi connectivity index (χ1n) is 13.5. The largest absolute Gasteiger partial charge is 0.493 e. The van der Waals surface area contributed by atoms with Gasteiger partial charge in [-0.05, 0) is 74.9 Å². The summed E-state index contributed by atoms with van der Waals surface area (Å²) >= 11 is 0. The number of anilines is 1. The maximum absolute atomic E-state index is 12.8. The average molecular weight is 486 g/mol. The Balaban J connectivity index is 0.928. The first-order valence-corrected chi connectivity index (χ1v) is 13.5. The molecule has 1 amide bonds. The summed E-state index contributed by atoms with van der Waals surface area (Å²) in [5, 5.41) is 4.28. The maximum atomic E-state index is 12.8. The fourth-order valence-corrected chi connectivity index (χ4v) is 6.00. The van der Waals surface area contributed by atoms with Gasteiger partial charge in [-0.1, -0.05) is 6.07 Å². The van der Waals surface area contributed by atoms with Crippen LogP contribution in [0.5, 0.6) is 5.75 Å². The minimum Gasteiger partial charge on any atom is -0.493 e. The smallest absolute Gasteiger partial charge is 0.251 e. The van der Waals surface area contributed by atoms with Crippen molar-refractivity contribution in [3.8, 4) is 5.75 Å². The Kier molecular flexibility index (Phi) is 6.73. The molecule has 2 aromatic heterocycles. The Morgan fingerprint density at radius 2 is 1.86 bits per heavy atom. The number of hydrogen-bond acceptors (Lipinski definition) is 6. The Hall–Kier alpha value is -3.19. The Morgan fingerprint density at radius 3 is 2.72 bits per heavy atom. The molecule has 1 saturated heterocycles. The van der Waals surface area contributed by atoms with Gasteiger partial charge in [0, 0.05) is 67.5 Å². The molecule has 0 radical (unpaired) electrons. The summed E-state index contributed by atoms with van der Waals surface area (Å²) in [6.07, 6.45) is 10.4. The van der Waals surface area contributed by atoms with Crippen LogP contribution in [0.3, 0.4) is 0 Å². The third-order valence-corrected chi connectivity index (χ3v) is 8.17. The molecule has 1 N–H and O–H groups in total. The summed E-state index contributed by atoms with van der Waals surface area (Å²) in [7, 11) is 0. The molecule has 4 heterocycles. The SMILES string of the molecule is O=C(N[C@H]1CC[C@H](CCN2CCN(c3nccc4c3CCO4)CC2)CC1)c1ccc2ncccc2c1. The molecule has 188 valence electrons. The minimum absolute atomic E-state index is 0.0344. The molecule has 7 heteroatoms. The normalized spacial score (nSPS) is 22.3. The van der Waals surface area contributed by atoms with Gasteiger partial charge in [0.15, 0.2) is 0 Å². The second-order valence-corrected chi connectivity index (χ2v) is 10.4. The van der Waals surface area contributed by atoms with Crippen molar-refractivity contribution >= 4 is 22.6 Å². The fraction of sp³-hybridized carbons (Fsp3) is 0.483. The van der Waals surface area contributed by atoms with Crippen LogP contribution in [0.25, 0.3) is 10.9 Å². The van der Waals surface area contributed by atoms with Gasteiger partial charge in [0.05, 0.1) is 12.1 Å². The first-order chi connectivity index (χ1) is 17.7. The lowest BCUT2D eigenvalue weighted by Gasteiger charge is -2.37. The number of piperazine rings is 1. The van der Waals surface area contributed by atoms with Crippen LogP contribution in [0.15, 0.2) is 48.8 Å². The molecular formula is C29H35N5O2. The molecule has 36 heavy (non-hydrogen) atoms. The van der Waals surface area contributed by atoms with E-state index in [9.17, 15) is 4.79 Å². The standard InChI is InChI=1S/C29H35N5O2/c35-29(23-5-8-26-22(20-23)2-1-12-30-26)32-24-6-3-21(4-7-24)10-14-33-15-17-34(18-16-33)28-25-11-19-36-27(25)9-13-31-28/h1-2,5,8-9,12-13,20-21,24H,3-4,6-7,10-11,14-19H2,(H,32,35)/t21-,24-. The molecule has 1 aromatic carbocycles. The first kappa shape index (κ1) is 23.2. The molecule has 0 atom stereocenters. The summed E-state index contributed by atoms with van der Waals surface area (Å²) in [6, 6.07) is 11.9. The van der Waals surface area contributed by atoms with Gasteiger partial charge in [-0.2, -0.15) is 0 Å². The highest BCUT2D eigenvalue weighted by Gasteiger charge is 2.26. The Labute approximate surface area is 212 Å². The van der Waals surface area contributed by atoms with Gasteiger partial charge < -0.3 is 15.0 Å². The summed E-state index contributed by atoms with van der Waals surface area (Å²) < 4.78 is 5.72. The van der Waals surface area contributed by atoms with E-state index in [0.29, 0.717) is 0 Å². The highest BCUT2D eigenvalue weighted by atomic mass is 16.5. The summed E-state index contributed by atoms with van der Waals surface area (Å²) in [5.74, 6) is 2.94. The molecule has 3 aromatic rings. The molecule has 6 rings (SSSR count). The van der Waals surface area contributed by atoms with Crippen molar-refractivity contribution in [3.05, 3.63) is 59.9 Å². The van der Waals surface area contributed by atoms with Crippen molar-refractivity contribution in [2.45, 2.75) is 44.6 Å². The number of rotatable bonds is 6. The molecule has 2 fully saturated rings. The fourth-order valence-electron chi connectivity index (χ4n) is 6.00. The lowest BCUT2D eigenvalue weighted by molar-refractivity contribution is 0.0920. The summed E-state index contributed by atoms with van der Waals surface area (Å²) in [4.78, 5) is 26.9. The van der Waals surface area contributed by atoms with Crippen LogP contribution in [-0.2, 0) is 6.42 Å². The number of aromatic nitrogens is 2. The number of pyridine rings is 2. The summed E-state index contributed by atoms with van der Waals surface area (Å²) in [5.41, 5.74) is 2.93. The van der Waals surface area contributed by atoms with E-state index >= 15 is 0 Å². The number of nitrogens with one attached hydrogen (secondary N) is 1. The van der Waals surface area contributed by atoms with Crippen LogP contribution in [0, 0.1) is 5.92 Å². The molecule has 0 unspecified atom stereocenters. The number of carbonyl (C=O) groups excluding carboxylic acids is 1. The minimum atomic E-state index is 0.0344. The molecule has 0 bridgehead atoms. The third-order valence-electron chi connectivity index (χ3n) is 8.17. The highest BCUT2D eigenvalue weighted by molar-refractivity contribution is 5.98. The maximum Gasteiger partial charge on any atom is 0.251 e. The van der Waals surface area contributed by atoms with Crippen LogP contribution < -0.4 is 15.0 Å². The highest BCUT2D eigenvalue weighted by Crippen LogP contribution is 2.32.